The molecule has 174 valence electrons. The molecule has 0 N–H and O–H groups in total. The van der Waals surface area contributed by atoms with E-state index < -0.39 is 17.7 Å². The summed E-state index contributed by atoms with van der Waals surface area (Å²) in [6, 6.07) is 4.36. The molecule has 33 heavy (non-hydrogen) atoms. The monoisotopic (exact) mass is 458 g/mol. The van der Waals surface area contributed by atoms with Crippen LogP contribution in [-0.2, 0) is 16.1 Å². The molecule has 2 aromatic heterocycles. The number of fused-ring (bicyclic) bond motifs is 1. The fourth-order valence-corrected chi connectivity index (χ4v) is 5.10. The Morgan fingerprint density at radius 1 is 1.06 bits per heavy atom. The van der Waals surface area contributed by atoms with Crippen LogP contribution in [0.5, 0.6) is 0 Å². The van der Waals surface area contributed by atoms with E-state index in [0.717, 1.165) is 24.5 Å². The number of carbonyl (C=O) groups excluding carboxylic acids is 1. The van der Waals surface area contributed by atoms with E-state index >= 15 is 0 Å². The molecular formula is C24H25F3N4O2. The Morgan fingerprint density at radius 2 is 1.79 bits per heavy atom. The molecule has 1 aromatic carbocycles. The molecule has 0 bridgehead atoms. The summed E-state index contributed by atoms with van der Waals surface area (Å²) in [4.78, 5) is 22.8. The molecule has 3 heterocycles. The lowest BCUT2D eigenvalue weighted by Crippen LogP contribution is -2.36. The van der Waals surface area contributed by atoms with Gasteiger partial charge in [0.1, 0.15) is 17.5 Å². The van der Waals surface area contributed by atoms with Crippen molar-refractivity contribution in [3.05, 3.63) is 64.9 Å². The highest BCUT2D eigenvalue weighted by atomic mass is 19.1. The van der Waals surface area contributed by atoms with Crippen molar-refractivity contribution in [2.45, 2.75) is 51.5 Å². The first-order chi connectivity index (χ1) is 15.9. The zero-order chi connectivity index (χ0) is 23.1. The van der Waals surface area contributed by atoms with Gasteiger partial charge in [-0.05, 0) is 74.3 Å². The summed E-state index contributed by atoms with van der Waals surface area (Å²) < 4.78 is 43.2. The molecule has 2 fully saturated rings. The van der Waals surface area contributed by atoms with Crippen LogP contribution < -0.4 is 0 Å². The molecule has 1 aliphatic carbocycles. The van der Waals surface area contributed by atoms with Gasteiger partial charge in [-0.15, -0.1) is 0 Å². The molecule has 0 spiro atoms. The number of aromatic nitrogens is 3. The number of carbonyl (C=O) groups is 1. The fourth-order valence-electron chi connectivity index (χ4n) is 5.10. The van der Waals surface area contributed by atoms with Crippen LogP contribution >= 0.6 is 0 Å². The quantitative estimate of drug-likeness (QED) is 0.568. The summed E-state index contributed by atoms with van der Waals surface area (Å²) in [5.41, 5.74) is 1.49. The van der Waals surface area contributed by atoms with Gasteiger partial charge in [-0.3, -0.25) is 9.63 Å². The number of rotatable bonds is 4. The van der Waals surface area contributed by atoms with Crippen molar-refractivity contribution >= 4 is 11.6 Å². The van der Waals surface area contributed by atoms with Crippen LogP contribution in [0.15, 0.2) is 30.5 Å². The van der Waals surface area contributed by atoms with Gasteiger partial charge in [-0.2, -0.15) is 5.10 Å². The highest BCUT2D eigenvalue weighted by Gasteiger charge is 2.37. The van der Waals surface area contributed by atoms with E-state index in [1.165, 1.54) is 27.8 Å². The summed E-state index contributed by atoms with van der Waals surface area (Å²) >= 11 is 0. The second-order valence-corrected chi connectivity index (χ2v) is 9.05. The van der Waals surface area contributed by atoms with E-state index in [0.29, 0.717) is 49.6 Å². The molecule has 9 heteroatoms. The predicted molar refractivity (Wildman–Crippen MR) is 113 cm³/mol. The molecule has 1 aliphatic heterocycles. The van der Waals surface area contributed by atoms with Gasteiger partial charge in [0.05, 0.1) is 12.6 Å². The molecule has 1 saturated carbocycles. The van der Waals surface area contributed by atoms with E-state index in [-0.39, 0.29) is 23.3 Å². The zero-order valence-electron chi connectivity index (χ0n) is 18.3. The Kier molecular flexibility index (Phi) is 5.82. The maximum atomic E-state index is 14.3. The Hall–Kier alpha value is -2.94. The Morgan fingerprint density at radius 3 is 2.52 bits per heavy atom. The molecule has 1 saturated heterocycles. The second-order valence-electron chi connectivity index (χ2n) is 9.05. The summed E-state index contributed by atoms with van der Waals surface area (Å²) in [5, 5.41) is 5.52. The summed E-state index contributed by atoms with van der Waals surface area (Å²) in [6.45, 7) is 2.06. The first kappa shape index (κ1) is 21.9. The Balaban J connectivity index is 1.22. The van der Waals surface area contributed by atoms with Crippen molar-refractivity contribution in [2.75, 3.05) is 6.61 Å². The summed E-state index contributed by atoms with van der Waals surface area (Å²) in [5.74, 6) is -1.19. The zero-order valence-corrected chi connectivity index (χ0v) is 18.3. The fraction of sp³-hybridized carbons (Fsp3) is 0.458. The van der Waals surface area contributed by atoms with Crippen molar-refractivity contribution in [1.82, 2.24) is 19.7 Å². The number of amides is 1. The third-order valence-corrected chi connectivity index (χ3v) is 6.66. The van der Waals surface area contributed by atoms with Crippen LogP contribution in [0.4, 0.5) is 13.2 Å². The molecule has 5 rings (SSSR count). The van der Waals surface area contributed by atoms with Gasteiger partial charge in [-0.1, -0.05) is 0 Å². The summed E-state index contributed by atoms with van der Waals surface area (Å²) in [6.07, 6.45) is 6.08. The van der Waals surface area contributed by atoms with Gasteiger partial charge >= 0.3 is 0 Å². The highest BCUT2D eigenvalue weighted by Crippen LogP contribution is 2.37. The number of nitrogens with zero attached hydrogens (tertiary/aromatic N) is 4. The number of halogens is 3. The van der Waals surface area contributed by atoms with Gasteiger partial charge in [0.15, 0.2) is 11.5 Å². The lowest BCUT2D eigenvalue weighted by molar-refractivity contribution is -0.183. The third-order valence-electron chi connectivity index (χ3n) is 6.66. The van der Waals surface area contributed by atoms with Crippen LogP contribution in [0.3, 0.4) is 0 Å². The molecule has 0 unspecified atom stereocenters. The van der Waals surface area contributed by atoms with E-state index in [9.17, 15) is 18.0 Å². The third kappa shape index (κ3) is 4.46. The van der Waals surface area contributed by atoms with Crippen molar-refractivity contribution in [3.63, 3.8) is 0 Å². The topological polar surface area (TPSA) is 59.7 Å². The lowest BCUT2D eigenvalue weighted by atomic mass is 9.79. The van der Waals surface area contributed by atoms with Crippen LogP contribution in [-0.4, -0.2) is 32.2 Å². The summed E-state index contributed by atoms with van der Waals surface area (Å²) in [7, 11) is 0. The number of aryl methyl sites for hydroxylation is 1. The van der Waals surface area contributed by atoms with E-state index in [1.807, 2.05) is 6.20 Å². The minimum absolute atomic E-state index is 0.133. The Bertz CT molecular complexity index is 1170. The van der Waals surface area contributed by atoms with Gasteiger partial charge in [-0.25, -0.2) is 27.7 Å². The minimum Gasteiger partial charge on any atom is -0.272 e. The second kappa shape index (κ2) is 8.78. The molecule has 1 atom stereocenters. The lowest BCUT2D eigenvalue weighted by Gasteiger charge is -2.32. The van der Waals surface area contributed by atoms with Crippen LogP contribution in [0.1, 0.15) is 55.1 Å². The van der Waals surface area contributed by atoms with E-state index in [1.54, 1.807) is 6.92 Å². The maximum Gasteiger partial charge on any atom is 0.249 e. The standard InChI is InChI=1S/C24H25F3N4O2/c1-14-28-23-21(27)9-16(13-30(23)29-14)8-15-2-4-17(5-3-15)24(32)31-22(6-7-33-31)18-10-19(25)12-20(26)11-18/h9-13,15,17,22H,2-8H2,1H3/t15-,17-,22-/m0/s1. The average molecular weight is 458 g/mol. The number of hydrogen-bond donors (Lipinski definition) is 0. The van der Waals surface area contributed by atoms with Gasteiger partial charge in [0.25, 0.3) is 0 Å². The maximum absolute atomic E-state index is 14.3. The SMILES string of the molecule is Cc1nc2c(F)cc(C[C@H]3CC[C@H](C(=O)N4OCC[C@H]4c4cc(F)cc(F)c4)CC3)cn2n1. The molecular weight excluding hydrogens is 433 g/mol. The Labute approximate surface area is 189 Å². The highest BCUT2D eigenvalue weighted by molar-refractivity contribution is 5.78. The van der Waals surface area contributed by atoms with Crippen LogP contribution in [0.2, 0.25) is 0 Å². The van der Waals surface area contributed by atoms with Gasteiger partial charge in [0.2, 0.25) is 5.91 Å². The van der Waals surface area contributed by atoms with E-state index in [4.69, 9.17) is 4.84 Å². The van der Waals surface area contributed by atoms with Gasteiger partial charge < -0.3 is 0 Å². The first-order valence-corrected chi connectivity index (χ1v) is 11.3. The number of hydrogen-bond acceptors (Lipinski definition) is 4. The first-order valence-electron chi connectivity index (χ1n) is 11.3. The molecule has 1 amide bonds. The van der Waals surface area contributed by atoms with Crippen molar-refractivity contribution in [3.8, 4) is 0 Å². The van der Waals surface area contributed by atoms with Crippen LogP contribution in [0.25, 0.3) is 5.65 Å². The average Bonchev–Trinajstić information content (AvgIpc) is 3.40. The predicted octanol–water partition coefficient (Wildman–Crippen LogP) is 4.71. The van der Waals surface area contributed by atoms with Crippen molar-refractivity contribution in [1.29, 1.82) is 0 Å². The molecule has 6 nitrogen and oxygen atoms in total. The molecule has 2 aliphatic rings. The van der Waals surface area contributed by atoms with Gasteiger partial charge in [0, 0.05) is 24.6 Å². The largest absolute Gasteiger partial charge is 0.272 e. The van der Waals surface area contributed by atoms with Crippen molar-refractivity contribution in [2.24, 2.45) is 11.8 Å². The smallest absolute Gasteiger partial charge is 0.249 e. The van der Waals surface area contributed by atoms with Crippen LogP contribution in [0, 0.1) is 36.2 Å². The number of benzene rings is 1. The van der Waals surface area contributed by atoms with Crippen molar-refractivity contribution < 1.29 is 22.8 Å². The van der Waals surface area contributed by atoms with E-state index in [2.05, 4.69) is 10.1 Å². The number of hydroxylamine groups is 2. The number of pyridine rings is 1. The molecule has 0 radical (unpaired) electrons. The minimum atomic E-state index is -0.666. The molecule has 3 aromatic rings. The normalized spacial score (nSPS) is 23.4.